The van der Waals surface area contributed by atoms with Crippen LogP contribution in [0.1, 0.15) is 115 Å². The molecule has 0 bridgehead atoms. The lowest BCUT2D eigenvalue weighted by Gasteiger charge is -2.33. The van der Waals surface area contributed by atoms with Crippen molar-refractivity contribution in [3.8, 4) is 35.5 Å². The largest absolute Gasteiger partial charge is 0.416 e. The van der Waals surface area contributed by atoms with Gasteiger partial charge in [0.25, 0.3) is 17.7 Å². The second-order valence-electron chi connectivity index (χ2n) is 29.7. The molecular weight excluding hydrogens is 1580 g/mol. The zero-order chi connectivity index (χ0) is 86.7. The van der Waals surface area contributed by atoms with Gasteiger partial charge in [-0.05, 0) is 155 Å². The number of H-pyrrole nitrogens is 1. The van der Waals surface area contributed by atoms with Crippen LogP contribution in [0.15, 0.2) is 153 Å². The highest BCUT2D eigenvalue weighted by molar-refractivity contribution is 6.06. The number of nitrogens with one attached hydrogen (secondary N) is 4. The van der Waals surface area contributed by atoms with E-state index < -0.39 is 52.9 Å². The Kier molecular flexibility index (Phi) is 26.5. The molecule has 10 heterocycles. The van der Waals surface area contributed by atoms with Gasteiger partial charge in [0, 0.05) is 179 Å². The fourth-order valence-electron chi connectivity index (χ4n) is 13.7. The van der Waals surface area contributed by atoms with Crippen molar-refractivity contribution in [3.05, 3.63) is 253 Å². The molecule has 0 saturated carbocycles. The zero-order valence-electron chi connectivity index (χ0n) is 67.1. The number of alkyl halides is 9. The van der Waals surface area contributed by atoms with Gasteiger partial charge in [0.2, 0.25) is 5.95 Å². The van der Waals surface area contributed by atoms with E-state index in [0.717, 1.165) is 74.0 Å². The minimum Gasteiger partial charge on any atom is -0.383 e. The highest BCUT2D eigenvalue weighted by Gasteiger charge is 2.38. The van der Waals surface area contributed by atoms with Crippen molar-refractivity contribution in [1.29, 1.82) is 0 Å². The first-order valence-corrected chi connectivity index (χ1v) is 38.6. The maximum atomic E-state index is 14.0. The van der Waals surface area contributed by atoms with Crippen molar-refractivity contribution in [2.45, 2.75) is 58.9 Å². The van der Waals surface area contributed by atoms with Crippen LogP contribution in [0.25, 0.3) is 33.1 Å². The van der Waals surface area contributed by atoms with Gasteiger partial charge in [-0.1, -0.05) is 59.9 Å². The molecule has 0 radical (unpaired) electrons. The average molecular weight is 1670 g/mol. The molecule has 3 fully saturated rings. The van der Waals surface area contributed by atoms with Gasteiger partial charge in [-0.25, -0.2) is 19.9 Å². The van der Waals surface area contributed by atoms with E-state index in [-0.39, 0.29) is 81.8 Å². The number of benzene rings is 5. The Balaban J connectivity index is 0.000000158. The first-order valence-electron chi connectivity index (χ1n) is 38.6. The highest BCUT2D eigenvalue weighted by Crippen LogP contribution is 2.39. The first-order chi connectivity index (χ1) is 58.2. The van der Waals surface area contributed by atoms with E-state index in [9.17, 15) is 53.9 Å². The van der Waals surface area contributed by atoms with E-state index in [1.54, 1.807) is 74.0 Å². The molecule has 626 valence electrons. The molecule has 0 unspecified atom stereocenters. The summed E-state index contributed by atoms with van der Waals surface area (Å²) < 4.78 is 126. The summed E-state index contributed by atoms with van der Waals surface area (Å²) in [6, 6.07) is 26.8. The number of aromatic amines is 1. The highest BCUT2D eigenvalue weighted by atomic mass is 19.4. The van der Waals surface area contributed by atoms with Crippen LogP contribution in [0.5, 0.6) is 0 Å². The molecule has 5 aromatic carbocycles. The molecule has 7 aromatic heterocycles. The van der Waals surface area contributed by atoms with E-state index in [0.29, 0.717) is 112 Å². The third-order valence-corrected chi connectivity index (χ3v) is 20.8. The number of rotatable bonds is 12. The Hall–Kier alpha value is -13.5. The Labute approximate surface area is 695 Å². The molecule has 0 spiro atoms. The number of nitrogen functional groups attached to an aromatic ring is 3. The fraction of sp³-hybridized carbons (Fsp3) is 0.273. The lowest BCUT2D eigenvalue weighted by atomic mass is 10.0. The fourth-order valence-corrected chi connectivity index (χ4v) is 13.7. The number of pyridine rings is 4. The molecule has 34 heteroatoms. The Morgan fingerprint density at radius 2 is 0.877 bits per heavy atom. The number of anilines is 6. The second kappa shape index (κ2) is 37.4. The van der Waals surface area contributed by atoms with Crippen molar-refractivity contribution in [1.82, 2.24) is 79.2 Å². The van der Waals surface area contributed by atoms with Crippen molar-refractivity contribution in [2.75, 3.05) is 133 Å². The van der Waals surface area contributed by atoms with Crippen molar-refractivity contribution in [3.63, 3.8) is 0 Å². The summed E-state index contributed by atoms with van der Waals surface area (Å²) in [5, 5.41) is 8.52. The normalized spacial score (nSPS) is 14.5. The van der Waals surface area contributed by atoms with Crippen LogP contribution in [0.4, 0.5) is 74.2 Å². The number of carbonyl (C=O) groups is 3. The zero-order valence-corrected chi connectivity index (χ0v) is 67.1. The molecule has 3 amide bonds. The van der Waals surface area contributed by atoms with Crippen LogP contribution >= 0.6 is 0 Å². The van der Waals surface area contributed by atoms with Gasteiger partial charge in [0.15, 0.2) is 5.65 Å². The van der Waals surface area contributed by atoms with Gasteiger partial charge in [-0.15, -0.1) is 0 Å². The predicted octanol–water partition coefficient (Wildman–Crippen LogP) is 12.3. The van der Waals surface area contributed by atoms with Crippen LogP contribution in [0, 0.1) is 56.3 Å². The number of imidazole rings is 1. The Morgan fingerprint density at radius 1 is 0.434 bits per heavy atom. The third-order valence-electron chi connectivity index (χ3n) is 20.8. The van der Waals surface area contributed by atoms with Gasteiger partial charge in [0.1, 0.15) is 39.4 Å². The van der Waals surface area contributed by atoms with Gasteiger partial charge in [0.05, 0.1) is 51.6 Å². The average Bonchev–Trinajstić information content (AvgIpc) is 1.27. The Morgan fingerprint density at radius 3 is 1.38 bits per heavy atom. The lowest BCUT2D eigenvalue weighted by Crippen LogP contribution is -2.44. The van der Waals surface area contributed by atoms with E-state index in [4.69, 9.17) is 17.2 Å². The predicted molar refractivity (Wildman–Crippen MR) is 448 cm³/mol. The SMILES string of the molecule is Cc1ccc(C(=O)Nc2ccc(CN3CCN(C)CC3)c(C(F)(F)F)c2)cc1C#Cc1c(N)ncc2nccnc12.Cc1ccc(C(=O)Nc2ccc(CN3CCN(C)CC3)c(C(F)(F)F)c2)cc1C#Cc1nc(N)nc2nc[nH]c12.Cc1ncc(C(=O)Nc2ccc(CN3CCN(C)CC3)c(C(F)(F)F)c2)cc1C#Cc1cnc(N)c2ncccc12. The summed E-state index contributed by atoms with van der Waals surface area (Å²) in [5.41, 5.74) is 24.5. The molecule has 0 aliphatic carbocycles. The van der Waals surface area contributed by atoms with Crippen molar-refractivity contribution < 1.29 is 53.9 Å². The number of amides is 3. The summed E-state index contributed by atoms with van der Waals surface area (Å²) in [7, 11) is 5.98. The molecule has 25 nitrogen and oxygen atoms in total. The molecule has 122 heavy (non-hydrogen) atoms. The number of halogens is 9. The maximum Gasteiger partial charge on any atom is 0.416 e. The summed E-state index contributed by atoms with van der Waals surface area (Å²) in [6.07, 6.45) is -3.08. The second-order valence-corrected chi connectivity index (χ2v) is 29.7. The van der Waals surface area contributed by atoms with E-state index in [1.807, 2.05) is 55.8 Å². The van der Waals surface area contributed by atoms with Crippen LogP contribution in [0.3, 0.4) is 0 Å². The maximum absolute atomic E-state index is 14.0. The number of piperazine rings is 3. The number of hydrogen-bond donors (Lipinski definition) is 7. The quantitative estimate of drug-likeness (QED) is 0.0441. The van der Waals surface area contributed by atoms with Crippen LogP contribution in [-0.4, -0.2) is 197 Å². The number of aromatic nitrogens is 10. The number of hydrogen-bond acceptors (Lipinski definition) is 21. The van der Waals surface area contributed by atoms with E-state index in [2.05, 4.69) is 116 Å². The first kappa shape index (κ1) is 86.3. The monoisotopic (exact) mass is 1670 g/mol. The minimum absolute atomic E-state index is 0.0292. The number of nitrogens with zero attached hydrogens (tertiary/aromatic N) is 15. The molecule has 12 aromatic rings. The molecule has 15 rings (SSSR count). The van der Waals surface area contributed by atoms with E-state index >= 15 is 0 Å². The van der Waals surface area contributed by atoms with Gasteiger partial charge in [-0.2, -0.15) is 44.5 Å². The van der Waals surface area contributed by atoms with Crippen LogP contribution < -0.4 is 33.2 Å². The standard InChI is InChI=1S/2C30H28F3N7O.C28H27F3N8O/c1-19-3-4-21(15-20(19)6-8-24-27-26(17-37-28(24)34)35-9-10-36-27)29(41)38-23-7-5-22(25(16-23)30(31,32)33)18-40-13-11-39(2)12-14-40;1-19-20(5-6-21-16-37-28(34)27-25(21)4-3-9-35-27)14-23(17-36-19)29(41)38-24-8-7-22(26(15-24)30(31,32)33)18-40-12-10-39(2)11-13-40;1-17-3-4-19(13-18(17)6-8-23-24-25(34-16-33-24)37-27(32)36-23)26(40)35-21-7-5-20(22(14-21)28(29,30)31)15-39-11-9-38(2)10-12-39/h3-5,7,9-10,15-17H,11-14,18H2,1-2H3,(H2,34,37)(H,38,41);3-4,7-9,14-17H,10-13,18H2,1-2H3,(H2,34,37)(H,38,41);3-5,7,13-14,16H,9-12,15H2,1-2H3,(H,35,40)(H3,32,33,34,36,37). The number of fused-ring (bicyclic) bond motifs is 3. The van der Waals surface area contributed by atoms with Gasteiger partial charge < -0.3 is 52.8 Å². The Bertz CT molecular complexity index is 6130. The molecule has 3 aliphatic heterocycles. The molecule has 10 N–H and O–H groups in total. The summed E-state index contributed by atoms with van der Waals surface area (Å²) in [4.78, 5) is 92.1. The summed E-state index contributed by atoms with van der Waals surface area (Å²) in [6.45, 7) is 15.0. The lowest BCUT2D eigenvalue weighted by molar-refractivity contribution is -0.139. The summed E-state index contributed by atoms with van der Waals surface area (Å²) >= 11 is 0. The topological polar surface area (TPSA) is 317 Å². The van der Waals surface area contributed by atoms with Crippen molar-refractivity contribution in [2.24, 2.45) is 0 Å². The molecule has 3 saturated heterocycles. The molecule has 0 atom stereocenters. The smallest absolute Gasteiger partial charge is 0.383 e. The van der Waals surface area contributed by atoms with Gasteiger partial charge in [-0.3, -0.25) is 49.0 Å². The third kappa shape index (κ3) is 21.7. The summed E-state index contributed by atoms with van der Waals surface area (Å²) in [5.74, 6) is 16.8. The van der Waals surface area contributed by atoms with Crippen LogP contribution in [0.2, 0.25) is 0 Å². The van der Waals surface area contributed by atoms with Crippen molar-refractivity contribution >= 4 is 85.5 Å². The van der Waals surface area contributed by atoms with Crippen LogP contribution in [-0.2, 0) is 38.2 Å². The molecular formula is C88H83F9N22O3. The minimum atomic E-state index is -4.56. The number of nitrogens with two attached hydrogens (primary N) is 3. The molecule has 3 aliphatic rings. The number of carbonyl (C=O) groups excluding carboxylic acids is 3. The van der Waals surface area contributed by atoms with Gasteiger partial charge >= 0.3 is 18.5 Å². The number of aryl methyl sites for hydroxylation is 3. The van der Waals surface area contributed by atoms with E-state index in [1.165, 1.54) is 61.3 Å². The number of likely N-dealkylation sites (N-methyl/N-ethyl adjacent to an activating group) is 3.